The van der Waals surface area contributed by atoms with Crippen LogP contribution in [0.25, 0.3) is 0 Å². The SMILES string of the molecule is C=O.[Co].[NaH]. The van der Waals surface area contributed by atoms with Gasteiger partial charge in [0.15, 0.2) is 0 Å². The third kappa shape index (κ3) is 10.9. The van der Waals surface area contributed by atoms with Crippen LogP contribution in [0.15, 0.2) is 0 Å². The predicted molar refractivity (Wildman–Crippen MR) is 14.3 cm³/mol. The average Bonchev–Trinajstić information content (AvgIpc) is 1.00. The number of hydrogen-bond donors (Lipinski definition) is 0. The van der Waals surface area contributed by atoms with Gasteiger partial charge in [-0.25, -0.2) is 0 Å². The van der Waals surface area contributed by atoms with Crippen molar-refractivity contribution in [1.29, 1.82) is 0 Å². The van der Waals surface area contributed by atoms with Crippen LogP contribution in [0.1, 0.15) is 0 Å². The van der Waals surface area contributed by atoms with Gasteiger partial charge in [0.1, 0.15) is 6.79 Å². The molecule has 0 aliphatic carbocycles. The fraction of sp³-hybridized carbons (Fsp3) is 0. The van der Waals surface area contributed by atoms with E-state index in [0.717, 1.165) is 0 Å². The molecule has 0 spiro atoms. The zero-order valence-electron chi connectivity index (χ0n) is 1.45. The summed E-state index contributed by atoms with van der Waals surface area (Å²) in [6.07, 6.45) is 0. The number of carbonyl (C=O) groups is 1. The Kier molecular flexibility index (Phi) is 145. The van der Waals surface area contributed by atoms with E-state index >= 15 is 0 Å². The summed E-state index contributed by atoms with van der Waals surface area (Å²) in [5.74, 6) is 0. The molecule has 23 valence electrons. The van der Waals surface area contributed by atoms with Crippen molar-refractivity contribution in [3.8, 4) is 0 Å². The summed E-state index contributed by atoms with van der Waals surface area (Å²) in [6.45, 7) is 2.00. The summed E-state index contributed by atoms with van der Waals surface area (Å²) in [5.41, 5.74) is 0. The van der Waals surface area contributed by atoms with Crippen molar-refractivity contribution in [3.63, 3.8) is 0 Å². The number of hydrogen-bond acceptors (Lipinski definition) is 1. The summed E-state index contributed by atoms with van der Waals surface area (Å²) >= 11 is 0. The van der Waals surface area contributed by atoms with Gasteiger partial charge in [-0.3, -0.25) is 0 Å². The first-order valence-corrected chi connectivity index (χ1v) is 0.289. The molecular formula is CH3CoNaO. The normalized spacial score (nSPS) is 1.00. The van der Waals surface area contributed by atoms with Crippen molar-refractivity contribution in [2.75, 3.05) is 0 Å². The van der Waals surface area contributed by atoms with E-state index in [9.17, 15) is 0 Å². The summed E-state index contributed by atoms with van der Waals surface area (Å²) in [6, 6.07) is 0. The first kappa shape index (κ1) is 19.1. The fourth-order valence-electron chi connectivity index (χ4n) is 0. The van der Waals surface area contributed by atoms with E-state index < -0.39 is 0 Å². The number of carbonyl (C=O) groups excluding carboxylic acids is 1. The minimum atomic E-state index is 0. The zero-order valence-corrected chi connectivity index (χ0v) is 2.49. The molecule has 0 aromatic heterocycles. The molecular weight excluding hydrogens is 110 g/mol. The Balaban J connectivity index is -0.00000000500. The van der Waals surface area contributed by atoms with E-state index in [2.05, 4.69) is 0 Å². The van der Waals surface area contributed by atoms with Gasteiger partial charge in [0, 0.05) is 16.8 Å². The van der Waals surface area contributed by atoms with Crippen LogP contribution < -0.4 is 0 Å². The van der Waals surface area contributed by atoms with E-state index in [1.165, 1.54) is 0 Å². The average molecular weight is 113 g/mol. The van der Waals surface area contributed by atoms with Crippen molar-refractivity contribution in [2.45, 2.75) is 0 Å². The molecule has 0 fully saturated rings. The van der Waals surface area contributed by atoms with Gasteiger partial charge in [0.2, 0.25) is 0 Å². The topological polar surface area (TPSA) is 17.1 Å². The molecule has 0 N–H and O–H groups in total. The molecule has 0 aromatic rings. The molecule has 3 heteroatoms. The van der Waals surface area contributed by atoms with Gasteiger partial charge in [-0.05, 0) is 0 Å². The van der Waals surface area contributed by atoms with Crippen molar-refractivity contribution in [3.05, 3.63) is 0 Å². The van der Waals surface area contributed by atoms with Crippen LogP contribution in [0.5, 0.6) is 0 Å². The molecule has 0 saturated heterocycles. The summed E-state index contributed by atoms with van der Waals surface area (Å²) in [5, 5.41) is 0. The molecule has 1 radical (unpaired) electrons. The monoisotopic (exact) mass is 113 g/mol. The second-order valence-electron chi connectivity index (χ2n) is 0. The maximum absolute atomic E-state index is 8.00. The summed E-state index contributed by atoms with van der Waals surface area (Å²) in [4.78, 5) is 8.00. The van der Waals surface area contributed by atoms with Gasteiger partial charge < -0.3 is 4.79 Å². The molecule has 0 aliphatic heterocycles. The third-order valence-corrected chi connectivity index (χ3v) is 0. The Labute approximate surface area is 57.6 Å². The third-order valence-electron chi connectivity index (χ3n) is 0. The molecule has 0 saturated carbocycles. The molecule has 4 heavy (non-hydrogen) atoms. The zero-order chi connectivity index (χ0) is 2.00. The van der Waals surface area contributed by atoms with E-state index in [-0.39, 0.29) is 46.3 Å². The first-order valence-electron chi connectivity index (χ1n) is 0.289. The molecule has 0 unspecified atom stereocenters. The van der Waals surface area contributed by atoms with Gasteiger partial charge in [-0.15, -0.1) is 0 Å². The van der Waals surface area contributed by atoms with Gasteiger partial charge >= 0.3 is 29.6 Å². The molecule has 0 aromatic carbocycles. The Morgan fingerprint density at radius 3 is 1.25 bits per heavy atom. The van der Waals surface area contributed by atoms with Crippen molar-refractivity contribution >= 4 is 36.3 Å². The van der Waals surface area contributed by atoms with Crippen molar-refractivity contribution < 1.29 is 21.6 Å². The number of rotatable bonds is 0. The van der Waals surface area contributed by atoms with Crippen LogP contribution in [0.2, 0.25) is 0 Å². The maximum atomic E-state index is 8.00. The summed E-state index contributed by atoms with van der Waals surface area (Å²) < 4.78 is 0. The summed E-state index contributed by atoms with van der Waals surface area (Å²) in [7, 11) is 0. The molecule has 0 heterocycles. The predicted octanol–water partition coefficient (Wildman–Crippen LogP) is -0.836. The van der Waals surface area contributed by atoms with Crippen molar-refractivity contribution in [1.82, 2.24) is 0 Å². The Morgan fingerprint density at radius 2 is 1.25 bits per heavy atom. The second kappa shape index (κ2) is 30.4. The molecule has 0 bridgehead atoms. The van der Waals surface area contributed by atoms with Gasteiger partial charge in [-0.2, -0.15) is 0 Å². The fourth-order valence-corrected chi connectivity index (χ4v) is 0. The van der Waals surface area contributed by atoms with E-state index in [4.69, 9.17) is 4.79 Å². The molecule has 0 amide bonds. The van der Waals surface area contributed by atoms with Crippen molar-refractivity contribution in [2.24, 2.45) is 0 Å². The quantitative estimate of drug-likeness (QED) is 0.374. The van der Waals surface area contributed by atoms with E-state index in [0.29, 0.717) is 0 Å². The van der Waals surface area contributed by atoms with Crippen LogP contribution in [0, 0.1) is 0 Å². The Bertz CT molecular complexity index is 8.00. The standard InChI is InChI=1S/CH2O.Co.Na.H/c1-2;;;/h1H2;;;. The van der Waals surface area contributed by atoms with Crippen LogP contribution in [0.4, 0.5) is 0 Å². The molecule has 0 atom stereocenters. The van der Waals surface area contributed by atoms with Gasteiger partial charge in [0.25, 0.3) is 0 Å². The molecule has 0 rings (SSSR count). The van der Waals surface area contributed by atoms with E-state index in [1.807, 2.05) is 6.79 Å². The Hall–Kier alpha value is 1.18. The molecule has 0 aliphatic rings. The first-order chi connectivity index (χ1) is 1.00. The van der Waals surface area contributed by atoms with E-state index in [1.54, 1.807) is 0 Å². The van der Waals surface area contributed by atoms with Crippen LogP contribution in [-0.2, 0) is 21.6 Å². The van der Waals surface area contributed by atoms with Crippen LogP contribution in [-0.4, -0.2) is 36.3 Å². The van der Waals surface area contributed by atoms with Gasteiger partial charge in [-0.1, -0.05) is 0 Å². The second-order valence-corrected chi connectivity index (χ2v) is 0. The van der Waals surface area contributed by atoms with Crippen LogP contribution >= 0.6 is 0 Å². The Morgan fingerprint density at radius 1 is 1.25 bits per heavy atom. The van der Waals surface area contributed by atoms with Gasteiger partial charge in [0.05, 0.1) is 0 Å². The minimum absolute atomic E-state index is 0. The molecule has 1 nitrogen and oxygen atoms in total. The van der Waals surface area contributed by atoms with Crippen LogP contribution in [0.3, 0.4) is 0 Å².